The van der Waals surface area contributed by atoms with Crippen LogP contribution in [0.5, 0.6) is 11.5 Å². The van der Waals surface area contributed by atoms with E-state index in [1.807, 2.05) is 19.9 Å². The smallest absolute Gasteiger partial charge is 0.275 e. The SMILES string of the molecule is CCOc1cc(/C=C(\C#N)C(=O)Nc2ccc(F)cc2)ccc1OCc1cc(=O)n2nc(CC)sc2n1. The number of hydrogen-bond donors (Lipinski definition) is 1. The number of halogens is 1. The summed E-state index contributed by atoms with van der Waals surface area (Å²) in [7, 11) is 0. The molecule has 4 rings (SSSR count). The number of nitrogens with zero attached hydrogens (tertiary/aromatic N) is 4. The van der Waals surface area contributed by atoms with Crippen molar-refractivity contribution in [3.8, 4) is 17.6 Å². The monoisotopic (exact) mass is 519 g/mol. The normalized spacial score (nSPS) is 11.2. The standard InChI is InChI=1S/C26H22FN5O4S/c1-3-23-31-32-24(33)13-20(30-26(32)37-23)15-36-21-10-5-16(12-22(21)35-4-2)11-17(14-28)25(34)29-19-8-6-18(27)7-9-19/h5-13H,3-4,15H2,1-2H3,(H,29,34)/b17-11+. The third-order valence-electron chi connectivity index (χ3n) is 5.06. The van der Waals surface area contributed by atoms with Gasteiger partial charge >= 0.3 is 0 Å². The molecule has 188 valence electrons. The average Bonchev–Trinajstić information content (AvgIpc) is 3.32. The summed E-state index contributed by atoms with van der Waals surface area (Å²) in [5.41, 5.74) is 0.924. The van der Waals surface area contributed by atoms with Crippen LogP contribution in [0.25, 0.3) is 11.0 Å². The van der Waals surface area contributed by atoms with Crippen LogP contribution in [0, 0.1) is 17.1 Å². The number of carbonyl (C=O) groups is 1. The van der Waals surface area contributed by atoms with Gasteiger partial charge in [-0.25, -0.2) is 9.37 Å². The van der Waals surface area contributed by atoms with E-state index in [1.54, 1.807) is 18.2 Å². The predicted octanol–water partition coefficient (Wildman–Crippen LogP) is 4.38. The highest BCUT2D eigenvalue weighted by Gasteiger charge is 2.13. The van der Waals surface area contributed by atoms with E-state index in [2.05, 4.69) is 15.4 Å². The first-order valence-corrected chi connectivity index (χ1v) is 12.2. The molecule has 0 bridgehead atoms. The number of ether oxygens (including phenoxy) is 2. The molecule has 9 nitrogen and oxygen atoms in total. The van der Waals surface area contributed by atoms with Crippen LogP contribution >= 0.6 is 11.3 Å². The number of carbonyl (C=O) groups excluding carboxylic acids is 1. The van der Waals surface area contributed by atoms with E-state index >= 15 is 0 Å². The summed E-state index contributed by atoms with van der Waals surface area (Å²) in [5, 5.41) is 17.1. The molecule has 0 saturated heterocycles. The van der Waals surface area contributed by atoms with Gasteiger partial charge in [0.1, 0.15) is 29.1 Å². The number of aromatic nitrogens is 3. The summed E-state index contributed by atoms with van der Waals surface area (Å²) < 4.78 is 26.0. The highest BCUT2D eigenvalue weighted by atomic mass is 32.1. The molecular formula is C26H22FN5O4S. The first kappa shape index (κ1) is 25.5. The fraction of sp³-hybridized carbons (Fsp3) is 0.192. The number of aryl methyl sites for hydroxylation is 1. The van der Waals surface area contributed by atoms with E-state index in [9.17, 15) is 19.2 Å². The predicted molar refractivity (Wildman–Crippen MR) is 137 cm³/mol. The minimum absolute atomic E-state index is 0.0316. The van der Waals surface area contributed by atoms with Gasteiger partial charge in [0.2, 0.25) is 4.96 Å². The number of benzene rings is 2. The lowest BCUT2D eigenvalue weighted by atomic mass is 10.1. The molecule has 0 aliphatic heterocycles. The first-order valence-electron chi connectivity index (χ1n) is 11.4. The molecule has 0 spiro atoms. The molecule has 11 heteroatoms. The van der Waals surface area contributed by atoms with Crippen molar-refractivity contribution in [3.63, 3.8) is 0 Å². The number of hydrogen-bond acceptors (Lipinski definition) is 8. The molecular weight excluding hydrogens is 497 g/mol. The summed E-state index contributed by atoms with van der Waals surface area (Å²) in [5.74, 6) is -0.253. The van der Waals surface area contributed by atoms with E-state index in [0.717, 1.165) is 5.01 Å². The Morgan fingerprint density at radius 1 is 1.16 bits per heavy atom. The van der Waals surface area contributed by atoms with Crippen LogP contribution in [0.1, 0.15) is 30.1 Å². The van der Waals surface area contributed by atoms with E-state index in [-0.39, 0.29) is 17.7 Å². The second-order valence-corrected chi connectivity index (χ2v) is 8.73. The lowest BCUT2D eigenvalue weighted by molar-refractivity contribution is -0.112. The van der Waals surface area contributed by atoms with Gasteiger partial charge in [0.05, 0.1) is 12.3 Å². The van der Waals surface area contributed by atoms with Gasteiger partial charge in [-0.3, -0.25) is 9.59 Å². The van der Waals surface area contributed by atoms with Crippen LogP contribution in [0.4, 0.5) is 10.1 Å². The number of amides is 1. The van der Waals surface area contributed by atoms with Crippen molar-refractivity contribution in [2.45, 2.75) is 26.9 Å². The average molecular weight is 520 g/mol. The Kier molecular flexibility index (Phi) is 7.90. The molecule has 1 N–H and O–H groups in total. The fourth-order valence-electron chi connectivity index (χ4n) is 3.31. The van der Waals surface area contributed by atoms with Crippen LogP contribution < -0.4 is 20.3 Å². The van der Waals surface area contributed by atoms with Gasteiger partial charge in [-0.1, -0.05) is 24.3 Å². The molecule has 4 aromatic rings. The molecule has 0 radical (unpaired) electrons. The molecule has 2 aromatic carbocycles. The summed E-state index contributed by atoms with van der Waals surface area (Å²) in [4.78, 5) is 29.9. The van der Waals surface area contributed by atoms with Crippen molar-refractivity contribution in [3.05, 3.63) is 86.5 Å². The third kappa shape index (κ3) is 6.17. The Morgan fingerprint density at radius 3 is 2.65 bits per heavy atom. The van der Waals surface area contributed by atoms with Crippen LogP contribution in [0.2, 0.25) is 0 Å². The number of fused-ring (bicyclic) bond motifs is 1. The summed E-state index contributed by atoms with van der Waals surface area (Å²) >= 11 is 1.35. The Bertz CT molecular complexity index is 1570. The van der Waals surface area contributed by atoms with Gasteiger partial charge in [-0.15, -0.1) is 0 Å². The van der Waals surface area contributed by atoms with Gasteiger partial charge in [0.25, 0.3) is 11.5 Å². The largest absolute Gasteiger partial charge is 0.490 e. The Labute approximate surface area is 215 Å². The molecule has 0 atom stereocenters. The first-order chi connectivity index (χ1) is 17.9. The van der Waals surface area contributed by atoms with Crippen LogP contribution in [-0.2, 0) is 17.8 Å². The maximum Gasteiger partial charge on any atom is 0.275 e. The van der Waals surface area contributed by atoms with Gasteiger partial charge in [-0.2, -0.15) is 14.9 Å². The summed E-state index contributed by atoms with van der Waals surface area (Å²) in [6.45, 7) is 4.16. The van der Waals surface area contributed by atoms with Crippen molar-refractivity contribution in [2.75, 3.05) is 11.9 Å². The van der Waals surface area contributed by atoms with Crippen molar-refractivity contribution in [2.24, 2.45) is 0 Å². The second kappa shape index (κ2) is 11.5. The lowest BCUT2D eigenvalue weighted by Gasteiger charge is -2.12. The molecule has 37 heavy (non-hydrogen) atoms. The molecule has 0 fully saturated rings. The van der Waals surface area contributed by atoms with Gasteiger partial charge in [-0.05, 0) is 61.4 Å². The van der Waals surface area contributed by atoms with Crippen LogP contribution in [0.15, 0.2) is 58.9 Å². The Balaban J connectivity index is 1.52. The molecule has 2 aromatic heterocycles. The second-order valence-electron chi connectivity index (χ2n) is 7.69. The quantitative estimate of drug-likeness (QED) is 0.258. The fourth-order valence-corrected chi connectivity index (χ4v) is 4.17. The minimum atomic E-state index is -0.630. The van der Waals surface area contributed by atoms with Crippen LogP contribution in [0.3, 0.4) is 0 Å². The van der Waals surface area contributed by atoms with E-state index < -0.39 is 11.7 Å². The van der Waals surface area contributed by atoms with E-state index in [0.29, 0.717) is 46.4 Å². The maximum absolute atomic E-state index is 13.1. The summed E-state index contributed by atoms with van der Waals surface area (Å²) in [6.07, 6.45) is 2.12. The summed E-state index contributed by atoms with van der Waals surface area (Å²) in [6, 6.07) is 13.4. The number of rotatable bonds is 9. The van der Waals surface area contributed by atoms with Crippen LogP contribution in [-0.4, -0.2) is 27.1 Å². The van der Waals surface area contributed by atoms with Crippen molar-refractivity contribution in [1.82, 2.24) is 14.6 Å². The van der Waals surface area contributed by atoms with Gasteiger partial charge in [0.15, 0.2) is 11.5 Å². The molecule has 1 amide bonds. The van der Waals surface area contributed by atoms with Crippen molar-refractivity contribution < 1.29 is 18.7 Å². The minimum Gasteiger partial charge on any atom is -0.490 e. The Morgan fingerprint density at radius 2 is 1.95 bits per heavy atom. The van der Waals surface area contributed by atoms with E-state index in [1.165, 1.54) is 52.3 Å². The van der Waals surface area contributed by atoms with Crippen molar-refractivity contribution in [1.29, 1.82) is 5.26 Å². The molecule has 2 heterocycles. The number of nitrogens with one attached hydrogen (secondary N) is 1. The number of anilines is 1. The zero-order valence-electron chi connectivity index (χ0n) is 20.0. The number of nitriles is 1. The molecule has 0 saturated carbocycles. The molecule has 0 unspecified atom stereocenters. The zero-order chi connectivity index (χ0) is 26.4. The maximum atomic E-state index is 13.1. The topological polar surface area (TPSA) is 119 Å². The zero-order valence-corrected chi connectivity index (χ0v) is 20.8. The third-order valence-corrected chi connectivity index (χ3v) is 6.12. The highest BCUT2D eigenvalue weighted by molar-refractivity contribution is 7.16. The van der Waals surface area contributed by atoms with Gasteiger partial charge < -0.3 is 14.8 Å². The van der Waals surface area contributed by atoms with Gasteiger partial charge in [0, 0.05) is 11.8 Å². The lowest BCUT2D eigenvalue weighted by Crippen LogP contribution is -2.16. The van der Waals surface area contributed by atoms with Crippen molar-refractivity contribution >= 4 is 34.0 Å². The highest BCUT2D eigenvalue weighted by Crippen LogP contribution is 2.30. The molecule has 0 aliphatic carbocycles. The van der Waals surface area contributed by atoms with E-state index in [4.69, 9.17) is 9.47 Å². The molecule has 0 aliphatic rings. The Hall–Kier alpha value is -4.56.